The van der Waals surface area contributed by atoms with E-state index >= 15 is 0 Å². The minimum absolute atomic E-state index is 0.0379. The number of rotatable bonds is 4. The Morgan fingerprint density at radius 2 is 1.87 bits per heavy atom. The molecule has 13 heteroatoms. The van der Waals surface area contributed by atoms with Gasteiger partial charge in [0, 0.05) is 6.04 Å². The molecule has 0 fully saturated rings. The largest absolute Gasteiger partial charge is 0.434 e. The van der Waals surface area contributed by atoms with Crippen molar-refractivity contribution in [2.24, 2.45) is 0 Å². The number of nitrogens with one attached hydrogen (secondary N) is 1. The highest BCUT2D eigenvalue weighted by Gasteiger charge is 2.18. The maximum atomic E-state index is 12.1. The quantitative estimate of drug-likeness (QED) is 0.490. The number of H-pyrrole nitrogens is 1. The summed E-state index contributed by atoms with van der Waals surface area (Å²) in [5, 5.41) is 12.8. The Hall–Kier alpha value is -3.75. The van der Waals surface area contributed by atoms with Crippen LogP contribution >= 0.6 is 23.2 Å². The molecule has 4 aromatic rings. The molecule has 3 heterocycles. The zero-order valence-corrected chi connectivity index (χ0v) is 17.5. The third-order valence-corrected chi connectivity index (χ3v) is 4.80. The number of halogens is 2. The second-order valence-corrected chi connectivity index (χ2v) is 7.38. The van der Waals surface area contributed by atoms with Crippen LogP contribution in [0, 0.1) is 11.3 Å². The van der Waals surface area contributed by atoms with Crippen LogP contribution in [0.1, 0.15) is 25.6 Å². The summed E-state index contributed by atoms with van der Waals surface area (Å²) < 4.78 is 8.48. The molecule has 0 aliphatic rings. The molecule has 0 unspecified atom stereocenters. The van der Waals surface area contributed by atoms with Crippen molar-refractivity contribution >= 4 is 34.4 Å². The fourth-order valence-corrected chi connectivity index (χ4v) is 3.35. The minimum Gasteiger partial charge on any atom is -0.434 e. The maximum absolute atomic E-state index is 12.1. The monoisotopic (exact) mass is 458 g/mol. The lowest BCUT2D eigenvalue weighted by Gasteiger charge is -2.12. The molecule has 4 rings (SSSR count). The van der Waals surface area contributed by atoms with Crippen LogP contribution in [0.15, 0.2) is 34.4 Å². The molecule has 31 heavy (non-hydrogen) atoms. The van der Waals surface area contributed by atoms with Crippen LogP contribution in [0.4, 0.5) is 0 Å². The first kappa shape index (κ1) is 20.5. The van der Waals surface area contributed by atoms with Crippen molar-refractivity contribution in [1.29, 1.82) is 5.26 Å². The number of hydrogen-bond acceptors (Lipinski definition) is 8. The van der Waals surface area contributed by atoms with Crippen LogP contribution in [-0.2, 0) is 0 Å². The van der Waals surface area contributed by atoms with Gasteiger partial charge in [-0.1, -0.05) is 23.2 Å². The van der Waals surface area contributed by atoms with Gasteiger partial charge in [-0.05, 0) is 26.0 Å². The second kappa shape index (κ2) is 7.82. The van der Waals surface area contributed by atoms with Crippen molar-refractivity contribution < 1.29 is 4.74 Å². The van der Waals surface area contributed by atoms with Gasteiger partial charge in [0.25, 0.3) is 11.4 Å². The fraction of sp³-hybridized carbons (Fsp3) is 0.167. The smallest absolute Gasteiger partial charge is 0.349 e. The van der Waals surface area contributed by atoms with Gasteiger partial charge in [-0.25, -0.2) is 14.8 Å². The van der Waals surface area contributed by atoms with Gasteiger partial charge >= 0.3 is 5.69 Å². The van der Waals surface area contributed by atoms with Crippen molar-refractivity contribution in [3.8, 4) is 23.4 Å². The lowest BCUT2D eigenvalue weighted by molar-refractivity contribution is 0.467. The van der Waals surface area contributed by atoms with E-state index in [1.807, 2.05) is 23.4 Å². The molecule has 0 saturated carbocycles. The van der Waals surface area contributed by atoms with E-state index in [1.54, 1.807) is 12.4 Å². The Morgan fingerprint density at radius 3 is 2.52 bits per heavy atom. The zero-order chi connectivity index (χ0) is 22.3. The molecule has 0 saturated heterocycles. The van der Waals surface area contributed by atoms with Gasteiger partial charge in [-0.2, -0.15) is 14.9 Å². The van der Waals surface area contributed by atoms with E-state index in [4.69, 9.17) is 33.2 Å². The topological polar surface area (TPSA) is 144 Å². The normalized spacial score (nSPS) is 11.1. The zero-order valence-electron chi connectivity index (χ0n) is 16.0. The molecule has 11 nitrogen and oxygen atoms in total. The summed E-state index contributed by atoms with van der Waals surface area (Å²) in [5.41, 5.74) is -1.12. The molecule has 0 spiro atoms. The van der Waals surface area contributed by atoms with Crippen molar-refractivity contribution in [2.45, 2.75) is 19.9 Å². The molecule has 3 aromatic heterocycles. The SMILES string of the molecule is CC(C)n1cnc2c(Oc3c(Cl)cc(-n4nc(C#N)c(=O)[nH]c4=O)cc3Cl)ncnc21. The lowest BCUT2D eigenvalue weighted by atomic mass is 10.3. The Labute approximate surface area is 183 Å². The molecule has 156 valence electrons. The first-order valence-corrected chi connectivity index (χ1v) is 9.54. The number of benzene rings is 1. The van der Waals surface area contributed by atoms with Gasteiger partial charge in [0.2, 0.25) is 5.69 Å². The molecule has 1 N–H and O–H groups in total. The Bertz CT molecular complexity index is 1460. The van der Waals surface area contributed by atoms with Crippen LogP contribution in [0.3, 0.4) is 0 Å². The van der Waals surface area contributed by atoms with E-state index in [2.05, 4.69) is 20.1 Å². The standard InChI is InChI=1S/C18H12Cl2N8O3/c1-8(2)27-7-24-13-15(27)22-6-23-17(13)31-14-10(19)3-9(4-11(14)20)28-18(30)25-16(29)12(5-21)26-28/h3-4,6-8H,1-2H3,(H,25,29,30). The van der Waals surface area contributed by atoms with E-state index in [0.717, 1.165) is 4.68 Å². The number of imidazole rings is 1. The van der Waals surface area contributed by atoms with Gasteiger partial charge in [-0.15, -0.1) is 5.10 Å². The number of hydrogen-bond donors (Lipinski definition) is 1. The fourth-order valence-electron chi connectivity index (χ4n) is 2.79. The number of nitriles is 1. The molecule has 0 aliphatic carbocycles. The predicted octanol–water partition coefficient (Wildman–Crippen LogP) is 2.61. The van der Waals surface area contributed by atoms with Gasteiger partial charge in [0.05, 0.1) is 22.1 Å². The molecule has 0 bridgehead atoms. The summed E-state index contributed by atoms with van der Waals surface area (Å²) in [6.45, 7) is 3.97. The number of fused-ring (bicyclic) bond motifs is 1. The van der Waals surface area contributed by atoms with E-state index < -0.39 is 16.9 Å². The lowest BCUT2D eigenvalue weighted by Crippen LogP contribution is -2.33. The minimum atomic E-state index is -0.894. The van der Waals surface area contributed by atoms with Crippen LogP contribution in [-0.4, -0.2) is 34.3 Å². The predicted molar refractivity (Wildman–Crippen MR) is 111 cm³/mol. The molecular formula is C18H12Cl2N8O3. The van der Waals surface area contributed by atoms with E-state index in [0.29, 0.717) is 11.2 Å². The second-order valence-electron chi connectivity index (χ2n) is 6.57. The molecule has 0 atom stereocenters. The Morgan fingerprint density at radius 1 is 1.16 bits per heavy atom. The average molecular weight is 459 g/mol. The third kappa shape index (κ3) is 3.63. The summed E-state index contributed by atoms with van der Waals surface area (Å²) in [4.78, 5) is 38.3. The van der Waals surface area contributed by atoms with Crippen molar-refractivity contribution in [1.82, 2.24) is 34.3 Å². The first-order chi connectivity index (χ1) is 14.8. The first-order valence-electron chi connectivity index (χ1n) is 8.78. The Balaban J connectivity index is 1.78. The van der Waals surface area contributed by atoms with E-state index in [1.165, 1.54) is 18.5 Å². The number of aromatic nitrogens is 7. The summed E-state index contributed by atoms with van der Waals surface area (Å²) in [6, 6.07) is 4.43. The summed E-state index contributed by atoms with van der Waals surface area (Å²) in [5.74, 6) is 0.219. The van der Waals surface area contributed by atoms with E-state index in [-0.39, 0.29) is 33.4 Å². The maximum Gasteiger partial charge on any atom is 0.349 e. The van der Waals surface area contributed by atoms with E-state index in [9.17, 15) is 9.59 Å². The van der Waals surface area contributed by atoms with Crippen LogP contribution in [0.25, 0.3) is 16.9 Å². The van der Waals surface area contributed by atoms with Crippen molar-refractivity contribution in [3.63, 3.8) is 0 Å². The highest BCUT2D eigenvalue weighted by molar-refractivity contribution is 6.37. The summed E-state index contributed by atoms with van der Waals surface area (Å²) in [6.07, 6.45) is 2.96. The number of ether oxygens (including phenoxy) is 1. The van der Waals surface area contributed by atoms with Crippen molar-refractivity contribution in [2.75, 3.05) is 0 Å². The van der Waals surface area contributed by atoms with Gasteiger partial charge < -0.3 is 9.30 Å². The van der Waals surface area contributed by atoms with Crippen molar-refractivity contribution in [3.05, 3.63) is 61.4 Å². The van der Waals surface area contributed by atoms with Crippen LogP contribution < -0.4 is 16.0 Å². The van der Waals surface area contributed by atoms with Gasteiger partial charge in [-0.3, -0.25) is 9.78 Å². The molecule has 1 aromatic carbocycles. The number of nitrogens with zero attached hydrogens (tertiary/aromatic N) is 7. The molecule has 0 aliphatic heterocycles. The molecule has 0 amide bonds. The Kier molecular flexibility index (Phi) is 5.18. The molecule has 0 radical (unpaired) electrons. The average Bonchev–Trinajstić information content (AvgIpc) is 3.16. The highest BCUT2D eigenvalue weighted by atomic mass is 35.5. The van der Waals surface area contributed by atoms with Gasteiger partial charge in [0.15, 0.2) is 16.9 Å². The highest BCUT2D eigenvalue weighted by Crippen LogP contribution is 2.38. The summed E-state index contributed by atoms with van der Waals surface area (Å²) >= 11 is 12.7. The summed E-state index contributed by atoms with van der Waals surface area (Å²) in [7, 11) is 0. The van der Waals surface area contributed by atoms with Gasteiger partial charge in [0.1, 0.15) is 12.4 Å². The third-order valence-electron chi connectivity index (χ3n) is 4.24. The molecular weight excluding hydrogens is 447 g/mol. The van der Waals surface area contributed by atoms with Crippen LogP contribution in [0.2, 0.25) is 10.0 Å². The number of aromatic amines is 1. The van der Waals surface area contributed by atoms with Crippen LogP contribution in [0.5, 0.6) is 11.6 Å².